The summed E-state index contributed by atoms with van der Waals surface area (Å²) < 4.78 is 0. The number of imidazole rings is 1. The Morgan fingerprint density at radius 1 is 1.43 bits per heavy atom. The van der Waals surface area contributed by atoms with Crippen LogP contribution in [0.3, 0.4) is 0 Å². The predicted octanol–water partition coefficient (Wildman–Crippen LogP) is 2.10. The van der Waals surface area contributed by atoms with Crippen molar-refractivity contribution < 1.29 is 0 Å². The lowest BCUT2D eigenvalue weighted by Gasteiger charge is -2.06. The van der Waals surface area contributed by atoms with Crippen LogP contribution in [0.1, 0.15) is 18.5 Å². The van der Waals surface area contributed by atoms with Gasteiger partial charge in [0.25, 0.3) is 0 Å². The predicted molar refractivity (Wildman–Crippen MR) is 56.6 cm³/mol. The van der Waals surface area contributed by atoms with Gasteiger partial charge >= 0.3 is 0 Å². The third kappa shape index (κ3) is 1.67. The van der Waals surface area contributed by atoms with Crippen LogP contribution >= 0.6 is 0 Å². The first-order valence-corrected chi connectivity index (χ1v) is 4.61. The van der Waals surface area contributed by atoms with Gasteiger partial charge in [0.15, 0.2) is 0 Å². The van der Waals surface area contributed by atoms with E-state index in [2.05, 4.69) is 16.0 Å². The fraction of sp³-hybridized carbons (Fsp3) is 0.182. The molecule has 1 unspecified atom stereocenters. The highest BCUT2D eigenvalue weighted by Crippen LogP contribution is 2.19. The van der Waals surface area contributed by atoms with Gasteiger partial charge in [-0.05, 0) is 24.1 Å². The van der Waals surface area contributed by atoms with Crippen LogP contribution in [0.15, 0.2) is 36.8 Å². The molecule has 0 aliphatic heterocycles. The second-order valence-electron chi connectivity index (χ2n) is 3.38. The second kappa shape index (κ2) is 3.64. The number of nitrogens with zero attached hydrogens (tertiary/aromatic N) is 1. The van der Waals surface area contributed by atoms with Gasteiger partial charge < -0.3 is 10.7 Å². The Balaban J connectivity index is 2.41. The van der Waals surface area contributed by atoms with E-state index in [0.717, 1.165) is 16.8 Å². The molecule has 1 atom stereocenters. The molecule has 3 nitrogen and oxygen atoms in total. The van der Waals surface area contributed by atoms with Gasteiger partial charge in [-0.2, -0.15) is 0 Å². The zero-order valence-corrected chi connectivity index (χ0v) is 8.07. The molecule has 2 rings (SSSR count). The second-order valence-corrected chi connectivity index (χ2v) is 3.38. The first-order chi connectivity index (χ1) is 6.77. The maximum Gasteiger partial charge on any atom is 0.0924 e. The fourth-order valence-electron chi connectivity index (χ4n) is 1.40. The number of hydrogen-bond acceptors (Lipinski definition) is 2. The number of nitrogens with one attached hydrogen (secondary N) is 1. The summed E-state index contributed by atoms with van der Waals surface area (Å²) in [5, 5.41) is 0. The third-order valence-electron chi connectivity index (χ3n) is 2.22. The topological polar surface area (TPSA) is 54.7 Å². The van der Waals surface area contributed by atoms with E-state index < -0.39 is 0 Å². The van der Waals surface area contributed by atoms with Crippen LogP contribution in [0.5, 0.6) is 0 Å². The lowest BCUT2D eigenvalue weighted by atomic mass is 10.0. The van der Waals surface area contributed by atoms with Crippen LogP contribution in [-0.2, 0) is 0 Å². The van der Waals surface area contributed by atoms with Crippen molar-refractivity contribution in [3.05, 3.63) is 42.4 Å². The molecule has 0 bridgehead atoms. The normalized spacial score (nSPS) is 12.7. The Labute approximate surface area is 83.0 Å². The van der Waals surface area contributed by atoms with E-state index in [1.165, 1.54) is 0 Å². The maximum absolute atomic E-state index is 5.81. The number of aromatic nitrogens is 2. The number of benzene rings is 1. The third-order valence-corrected chi connectivity index (χ3v) is 2.22. The quantitative estimate of drug-likeness (QED) is 0.756. The van der Waals surface area contributed by atoms with E-state index in [9.17, 15) is 0 Å². The molecule has 3 N–H and O–H groups in total. The number of aromatic amines is 1. The minimum atomic E-state index is 0.0675. The van der Waals surface area contributed by atoms with Crippen molar-refractivity contribution in [3.8, 4) is 11.3 Å². The highest BCUT2D eigenvalue weighted by molar-refractivity contribution is 5.59. The van der Waals surface area contributed by atoms with Crippen molar-refractivity contribution in [2.75, 3.05) is 0 Å². The zero-order chi connectivity index (χ0) is 9.97. The molecular formula is C11H13N3. The Kier molecular flexibility index (Phi) is 2.33. The summed E-state index contributed by atoms with van der Waals surface area (Å²) in [6.07, 6.45) is 3.48. The molecule has 1 aromatic heterocycles. The van der Waals surface area contributed by atoms with Crippen LogP contribution in [-0.4, -0.2) is 9.97 Å². The Morgan fingerprint density at radius 3 is 2.93 bits per heavy atom. The van der Waals surface area contributed by atoms with E-state index in [-0.39, 0.29) is 6.04 Å². The molecule has 0 amide bonds. The summed E-state index contributed by atoms with van der Waals surface area (Å²) in [5.74, 6) is 0. The number of H-pyrrole nitrogens is 1. The number of hydrogen-bond donors (Lipinski definition) is 2. The monoisotopic (exact) mass is 187 g/mol. The SMILES string of the molecule is CC(N)c1cccc(-c2cnc[nH]2)c1. The van der Waals surface area contributed by atoms with Crippen molar-refractivity contribution >= 4 is 0 Å². The summed E-state index contributed by atoms with van der Waals surface area (Å²) in [6, 6.07) is 8.23. The Hall–Kier alpha value is -1.61. The van der Waals surface area contributed by atoms with Crippen LogP contribution in [0, 0.1) is 0 Å². The van der Waals surface area contributed by atoms with Crippen molar-refractivity contribution in [2.24, 2.45) is 5.73 Å². The average molecular weight is 187 g/mol. The molecule has 72 valence electrons. The molecule has 2 aromatic rings. The molecule has 0 aliphatic rings. The average Bonchev–Trinajstić information content (AvgIpc) is 2.71. The first kappa shape index (κ1) is 8.97. The smallest absolute Gasteiger partial charge is 0.0924 e. The molecule has 0 saturated heterocycles. The highest BCUT2D eigenvalue weighted by Gasteiger charge is 2.02. The van der Waals surface area contributed by atoms with Gasteiger partial charge in [0.2, 0.25) is 0 Å². The van der Waals surface area contributed by atoms with Crippen molar-refractivity contribution in [3.63, 3.8) is 0 Å². The first-order valence-electron chi connectivity index (χ1n) is 4.61. The molecule has 0 saturated carbocycles. The van der Waals surface area contributed by atoms with E-state index in [4.69, 9.17) is 5.73 Å². The minimum Gasteiger partial charge on any atom is -0.345 e. The van der Waals surface area contributed by atoms with Gasteiger partial charge in [-0.3, -0.25) is 0 Å². The standard InChI is InChI=1S/C11H13N3/c1-8(12)9-3-2-4-10(5-9)11-6-13-7-14-11/h2-8H,12H2,1H3,(H,13,14). The molecular weight excluding hydrogens is 174 g/mol. The molecule has 1 aromatic carbocycles. The zero-order valence-electron chi connectivity index (χ0n) is 8.07. The van der Waals surface area contributed by atoms with Gasteiger partial charge in [0.1, 0.15) is 0 Å². The lowest BCUT2D eigenvalue weighted by molar-refractivity contribution is 0.818. The van der Waals surface area contributed by atoms with Crippen LogP contribution < -0.4 is 5.73 Å². The van der Waals surface area contributed by atoms with E-state index in [1.807, 2.05) is 25.1 Å². The van der Waals surface area contributed by atoms with Crippen LogP contribution in [0.4, 0.5) is 0 Å². The summed E-state index contributed by atoms with van der Waals surface area (Å²) in [7, 11) is 0. The van der Waals surface area contributed by atoms with E-state index in [0.29, 0.717) is 0 Å². The molecule has 0 fully saturated rings. The van der Waals surface area contributed by atoms with Crippen LogP contribution in [0.2, 0.25) is 0 Å². The van der Waals surface area contributed by atoms with Gasteiger partial charge in [0, 0.05) is 6.04 Å². The largest absolute Gasteiger partial charge is 0.345 e. The molecule has 3 heteroatoms. The van der Waals surface area contributed by atoms with Crippen LogP contribution in [0.25, 0.3) is 11.3 Å². The van der Waals surface area contributed by atoms with Gasteiger partial charge in [0.05, 0.1) is 18.2 Å². The molecule has 0 aliphatic carbocycles. The van der Waals surface area contributed by atoms with Crippen molar-refractivity contribution in [2.45, 2.75) is 13.0 Å². The Morgan fingerprint density at radius 2 is 2.29 bits per heavy atom. The van der Waals surface area contributed by atoms with Crippen molar-refractivity contribution in [1.29, 1.82) is 0 Å². The maximum atomic E-state index is 5.81. The van der Waals surface area contributed by atoms with Gasteiger partial charge in [-0.1, -0.05) is 18.2 Å². The number of rotatable bonds is 2. The lowest BCUT2D eigenvalue weighted by Crippen LogP contribution is -2.04. The Bertz CT molecular complexity index is 404. The fourth-order valence-corrected chi connectivity index (χ4v) is 1.40. The van der Waals surface area contributed by atoms with Gasteiger partial charge in [-0.15, -0.1) is 0 Å². The minimum absolute atomic E-state index is 0.0675. The molecule has 0 spiro atoms. The number of nitrogens with two attached hydrogens (primary N) is 1. The summed E-state index contributed by atoms with van der Waals surface area (Å²) in [6.45, 7) is 1.98. The molecule has 14 heavy (non-hydrogen) atoms. The summed E-state index contributed by atoms with van der Waals surface area (Å²) in [4.78, 5) is 7.05. The highest BCUT2D eigenvalue weighted by atomic mass is 14.9. The van der Waals surface area contributed by atoms with E-state index in [1.54, 1.807) is 12.5 Å². The summed E-state index contributed by atoms with van der Waals surface area (Å²) >= 11 is 0. The summed E-state index contributed by atoms with van der Waals surface area (Å²) in [5.41, 5.74) is 9.09. The van der Waals surface area contributed by atoms with Crippen molar-refractivity contribution in [1.82, 2.24) is 9.97 Å². The molecule has 1 heterocycles. The molecule has 0 radical (unpaired) electrons. The van der Waals surface area contributed by atoms with E-state index >= 15 is 0 Å². The van der Waals surface area contributed by atoms with Gasteiger partial charge in [-0.25, -0.2) is 4.98 Å².